The zero-order chi connectivity index (χ0) is 13.0. The molecule has 1 aromatic carbocycles. The number of hydrogen-bond donors (Lipinski definition) is 2. The van der Waals surface area contributed by atoms with Gasteiger partial charge >= 0.3 is 0 Å². The molecule has 0 amide bonds. The number of pyridine rings is 1. The minimum atomic E-state index is -0.0450. The third kappa shape index (κ3) is 2.99. The fourth-order valence-corrected chi connectivity index (χ4v) is 1.64. The van der Waals surface area contributed by atoms with Crippen molar-refractivity contribution in [2.45, 2.75) is 6.61 Å². The van der Waals surface area contributed by atoms with Gasteiger partial charge in [0.1, 0.15) is 18.2 Å². The van der Waals surface area contributed by atoms with E-state index in [0.717, 1.165) is 5.56 Å². The molecule has 2 rings (SSSR count). The first-order valence-electron chi connectivity index (χ1n) is 5.32. The molecule has 1 aromatic heterocycles. The van der Waals surface area contributed by atoms with E-state index in [1.165, 1.54) is 0 Å². The predicted molar refractivity (Wildman–Crippen MR) is 71.0 cm³/mol. The zero-order valence-corrected chi connectivity index (χ0v) is 10.3. The fraction of sp³-hybridized carbons (Fsp3) is 0.0769. The van der Waals surface area contributed by atoms with Crippen molar-refractivity contribution in [3.8, 4) is 5.75 Å². The van der Waals surface area contributed by atoms with Gasteiger partial charge in [-0.15, -0.1) is 0 Å². The van der Waals surface area contributed by atoms with Crippen LogP contribution in [0.5, 0.6) is 5.75 Å². The number of hydrogen-bond acceptors (Lipinski definition) is 3. The average Bonchev–Trinajstić information content (AvgIpc) is 2.37. The van der Waals surface area contributed by atoms with E-state index in [2.05, 4.69) is 4.98 Å². The molecule has 0 unspecified atom stereocenters. The molecule has 0 saturated heterocycles. The molecule has 2 aromatic rings. The van der Waals surface area contributed by atoms with E-state index in [4.69, 9.17) is 27.5 Å². The molecule has 0 saturated carbocycles. The number of benzene rings is 1. The second-order valence-corrected chi connectivity index (χ2v) is 4.13. The quantitative estimate of drug-likeness (QED) is 0.656. The van der Waals surface area contributed by atoms with Gasteiger partial charge < -0.3 is 10.5 Å². The van der Waals surface area contributed by atoms with Gasteiger partial charge in [-0.3, -0.25) is 10.4 Å². The van der Waals surface area contributed by atoms with Crippen LogP contribution in [0.4, 0.5) is 0 Å². The van der Waals surface area contributed by atoms with Crippen LogP contribution in [0.1, 0.15) is 11.1 Å². The molecule has 3 N–H and O–H groups in total. The largest absolute Gasteiger partial charge is 0.488 e. The van der Waals surface area contributed by atoms with Gasteiger partial charge in [-0.25, -0.2) is 0 Å². The summed E-state index contributed by atoms with van der Waals surface area (Å²) in [5.41, 5.74) is 7.01. The molecule has 1 heterocycles. The normalized spacial score (nSPS) is 10.1. The van der Waals surface area contributed by atoms with E-state index >= 15 is 0 Å². The average molecular weight is 262 g/mol. The smallest absolute Gasteiger partial charge is 0.132 e. The highest BCUT2D eigenvalue weighted by molar-refractivity contribution is 6.30. The minimum absolute atomic E-state index is 0.0450. The Morgan fingerprint density at radius 1 is 1.28 bits per heavy atom. The summed E-state index contributed by atoms with van der Waals surface area (Å²) in [4.78, 5) is 3.93. The van der Waals surface area contributed by atoms with Gasteiger partial charge in [0.05, 0.1) is 5.56 Å². The third-order valence-corrected chi connectivity index (χ3v) is 2.61. The minimum Gasteiger partial charge on any atom is -0.488 e. The molecule has 0 fully saturated rings. The lowest BCUT2D eigenvalue weighted by Gasteiger charge is -2.11. The SMILES string of the molecule is N=C(N)c1ccc(Cl)cc1OCc1ccncc1. The Kier molecular flexibility index (Phi) is 3.79. The second-order valence-electron chi connectivity index (χ2n) is 3.70. The zero-order valence-electron chi connectivity index (χ0n) is 9.56. The van der Waals surface area contributed by atoms with Crippen LogP contribution in [0.25, 0.3) is 0 Å². The Morgan fingerprint density at radius 3 is 2.67 bits per heavy atom. The molecule has 0 atom stereocenters. The van der Waals surface area contributed by atoms with Crippen LogP contribution in [0.15, 0.2) is 42.7 Å². The fourth-order valence-electron chi connectivity index (χ4n) is 1.48. The van der Waals surface area contributed by atoms with E-state index in [1.54, 1.807) is 30.6 Å². The highest BCUT2D eigenvalue weighted by Gasteiger charge is 2.07. The number of nitrogens with zero attached hydrogens (tertiary/aromatic N) is 1. The molecular weight excluding hydrogens is 250 g/mol. The van der Waals surface area contributed by atoms with Crippen LogP contribution in [-0.2, 0) is 6.61 Å². The van der Waals surface area contributed by atoms with E-state index < -0.39 is 0 Å². The molecule has 92 valence electrons. The summed E-state index contributed by atoms with van der Waals surface area (Å²) in [7, 11) is 0. The van der Waals surface area contributed by atoms with Crippen LogP contribution < -0.4 is 10.5 Å². The number of rotatable bonds is 4. The van der Waals surface area contributed by atoms with Crippen molar-refractivity contribution in [2.75, 3.05) is 0 Å². The summed E-state index contributed by atoms with van der Waals surface area (Å²) < 4.78 is 5.63. The van der Waals surface area contributed by atoms with E-state index in [0.29, 0.717) is 22.9 Å². The lowest BCUT2D eigenvalue weighted by molar-refractivity contribution is 0.305. The highest BCUT2D eigenvalue weighted by atomic mass is 35.5. The lowest BCUT2D eigenvalue weighted by Crippen LogP contribution is -2.13. The van der Waals surface area contributed by atoms with E-state index in [-0.39, 0.29) is 5.84 Å². The van der Waals surface area contributed by atoms with Gasteiger partial charge in [0.2, 0.25) is 0 Å². The van der Waals surface area contributed by atoms with Crippen molar-refractivity contribution < 1.29 is 4.74 Å². The molecule has 0 bridgehead atoms. The van der Waals surface area contributed by atoms with Gasteiger partial charge in [0, 0.05) is 17.4 Å². The van der Waals surface area contributed by atoms with Crippen LogP contribution in [-0.4, -0.2) is 10.8 Å². The highest BCUT2D eigenvalue weighted by Crippen LogP contribution is 2.23. The maximum atomic E-state index is 7.47. The van der Waals surface area contributed by atoms with Gasteiger partial charge in [-0.1, -0.05) is 11.6 Å². The second kappa shape index (κ2) is 5.51. The van der Waals surface area contributed by atoms with E-state index in [9.17, 15) is 0 Å². The summed E-state index contributed by atoms with van der Waals surface area (Å²) in [6.07, 6.45) is 3.39. The summed E-state index contributed by atoms with van der Waals surface area (Å²) in [5, 5.41) is 8.02. The van der Waals surface area contributed by atoms with Crippen molar-refractivity contribution in [1.29, 1.82) is 5.41 Å². The van der Waals surface area contributed by atoms with Gasteiger partial charge in [-0.2, -0.15) is 0 Å². The molecule has 0 radical (unpaired) electrons. The first-order valence-corrected chi connectivity index (χ1v) is 5.70. The molecule has 4 nitrogen and oxygen atoms in total. The van der Waals surface area contributed by atoms with Crippen LogP contribution in [0.3, 0.4) is 0 Å². The maximum absolute atomic E-state index is 7.47. The lowest BCUT2D eigenvalue weighted by atomic mass is 10.2. The van der Waals surface area contributed by atoms with Crippen molar-refractivity contribution >= 4 is 17.4 Å². The molecular formula is C13H12ClN3O. The first-order chi connectivity index (χ1) is 8.66. The van der Waals surface area contributed by atoms with Gasteiger partial charge in [0.15, 0.2) is 0 Å². The molecule has 5 heteroatoms. The molecule has 0 aliphatic carbocycles. The number of amidine groups is 1. The topological polar surface area (TPSA) is 72.0 Å². The monoisotopic (exact) mass is 261 g/mol. The Bertz CT molecular complexity index is 557. The number of nitrogens with two attached hydrogens (primary N) is 1. The summed E-state index contributed by atoms with van der Waals surface area (Å²) in [6.45, 7) is 0.378. The molecule has 0 aliphatic heterocycles. The summed E-state index contributed by atoms with van der Waals surface area (Å²) >= 11 is 5.90. The summed E-state index contributed by atoms with van der Waals surface area (Å²) in [5.74, 6) is 0.461. The van der Waals surface area contributed by atoms with Crippen LogP contribution >= 0.6 is 11.6 Å². The Morgan fingerprint density at radius 2 is 2.00 bits per heavy atom. The number of nitrogen functional groups attached to an aromatic ring is 1. The number of nitrogens with one attached hydrogen (secondary N) is 1. The Labute approximate surface area is 110 Å². The van der Waals surface area contributed by atoms with Gasteiger partial charge in [0.25, 0.3) is 0 Å². The van der Waals surface area contributed by atoms with E-state index in [1.807, 2.05) is 12.1 Å². The predicted octanol–water partition coefficient (Wildman–Crippen LogP) is 2.60. The van der Waals surface area contributed by atoms with Crippen LogP contribution in [0.2, 0.25) is 5.02 Å². The Hall–Kier alpha value is -2.07. The standard InChI is InChI=1S/C13H12ClN3O/c14-10-1-2-11(13(15)16)12(7-10)18-8-9-3-5-17-6-4-9/h1-7H,8H2,(H3,15,16). The summed E-state index contributed by atoms with van der Waals surface area (Å²) in [6, 6.07) is 8.72. The molecule has 0 aliphatic rings. The number of ether oxygens (including phenoxy) is 1. The van der Waals surface area contributed by atoms with Gasteiger partial charge in [-0.05, 0) is 35.9 Å². The number of aromatic nitrogens is 1. The molecule has 18 heavy (non-hydrogen) atoms. The molecule has 0 spiro atoms. The number of halogens is 1. The van der Waals surface area contributed by atoms with Crippen molar-refractivity contribution in [3.63, 3.8) is 0 Å². The first kappa shape index (κ1) is 12.4. The van der Waals surface area contributed by atoms with Crippen LogP contribution in [0, 0.1) is 5.41 Å². The van der Waals surface area contributed by atoms with Crippen molar-refractivity contribution in [3.05, 3.63) is 58.9 Å². The Balaban J connectivity index is 2.18. The van der Waals surface area contributed by atoms with Crippen molar-refractivity contribution in [2.24, 2.45) is 5.73 Å². The third-order valence-electron chi connectivity index (χ3n) is 2.38. The van der Waals surface area contributed by atoms with Crippen molar-refractivity contribution in [1.82, 2.24) is 4.98 Å². The maximum Gasteiger partial charge on any atom is 0.132 e.